The lowest BCUT2D eigenvalue weighted by Gasteiger charge is -2.26. The highest BCUT2D eigenvalue weighted by Gasteiger charge is 2.19. The first-order chi connectivity index (χ1) is 12.8. The van der Waals surface area contributed by atoms with Crippen LogP contribution in [0.2, 0.25) is 0 Å². The molecule has 1 atom stereocenters. The molecular weight excluding hydrogens is 325 g/mol. The molecule has 0 aliphatic carbocycles. The third-order valence-electron chi connectivity index (χ3n) is 4.86. The van der Waals surface area contributed by atoms with Crippen molar-refractivity contribution in [3.8, 4) is 11.1 Å². The topological polar surface area (TPSA) is 21.3 Å². The molecule has 1 aliphatic heterocycles. The number of hydrogen-bond acceptors (Lipinski definition) is 2. The summed E-state index contributed by atoms with van der Waals surface area (Å²) in [6, 6.07) is 23.5. The Labute approximate surface area is 153 Å². The zero-order chi connectivity index (χ0) is 17.8. The van der Waals surface area contributed by atoms with E-state index in [1.54, 1.807) is 0 Å². The van der Waals surface area contributed by atoms with E-state index >= 15 is 0 Å². The van der Waals surface area contributed by atoms with Gasteiger partial charge in [0, 0.05) is 13.1 Å². The van der Waals surface area contributed by atoms with Gasteiger partial charge in [0.15, 0.2) is 0 Å². The summed E-state index contributed by atoms with van der Waals surface area (Å²) in [6.45, 7) is 2.35. The van der Waals surface area contributed by atoms with Crippen molar-refractivity contribution in [1.29, 1.82) is 0 Å². The van der Waals surface area contributed by atoms with Crippen molar-refractivity contribution in [2.45, 2.75) is 19.1 Å². The van der Waals surface area contributed by atoms with Gasteiger partial charge in [-0.25, -0.2) is 4.39 Å². The second kappa shape index (κ2) is 7.81. The van der Waals surface area contributed by atoms with Gasteiger partial charge >= 0.3 is 0 Å². The summed E-state index contributed by atoms with van der Waals surface area (Å²) < 4.78 is 19.1. The summed E-state index contributed by atoms with van der Waals surface area (Å²) in [4.78, 5) is 0. The van der Waals surface area contributed by atoms with Crippen LogP contribution in [0.25, 0.3) is 11.1 Å². The molecule has 0 aromatic heterocycles. The maximum atomic E-state index is 13.1. The van der Waals surface area contributed by atoms with Gasteiger partial charge < -0.3 is 10.1 Å². The molecule has 1 aliphatic rings. The molecule has 132 valence electrons. The number of hydrogen-bond donors (Lipinski definition) is 1. The van der Waals surface area contributed by atoms with E-state index in [1.165, 1.54) is 28.8 Å². The predicted octanol–water partition coefficient (Wildman–Crippen LogP) is 4.90. The Bertz CT molecular complexity index is 875. The van der Waals surface area contributed by atoms with Crippen molar-refractivity contribution in [3.63, 3.8) is 0 Å². The van der Waals surface area contributed by atoms with Gasteiger partial charge in [-0.2, -0.15) is 0 Å². The van der Waals surface area contributed by atoms with Crippen molar-refractivity contribution >= 4 is 0 Å². The zero-order valence-corrected chi connectivity index (χ0v) is 14.6. The molecule has 0 spiro atoms. The molecule has 3 heteroatoms. The molecule has 4 rings (SSSR count). The van der Waals surface area contributed by atoms with Crippen LogP contribution in [0.1, 0.15) is 22.8 Å². The Morgan fingerprint density at radius 1 is 0.923 bits per heavy atom. The molecule has 2 nitrogen and oxygen atoms in total. The molecule has 0 saturated carbocycles. The van der Waals surface area contributed by atoms with Crippen LogP contribution in [0, 0.1) is 5.82 Å². The monoisotopic (exact) mass is 347 g/mol. The minimum absolute atomic E-state index is 0.111. The fourth-order valence-corrected chi connectivity index (χ4v) is 3.50. The maximum absolute atomic E-state index is 13.1. The highest BCUT2D eigenvalue weighted by atomic mass is 19.1. The average molecular weight is 347 g/mol. The van der Waals surface area contributed by atoms with Gasteiger partial charge in [0.05, 0.1) is 12.7 Å². The van der Waals surface area contributed by atoms with Gasteiger partial charge in [-0.3, -0.25) is 0 Å². The van der Waals surface area contributed by atoms with Crippen LogP contribution in [-0.2, 0) is 17.7 Å². The molecule has 0 radical (unpaired) electrons. The van der Waals surface area contributed by atoms with Crippen molar-refractivity contribution in [3.05, 3.63) is 95.3 Å². The van der Waals surface area contributed by atoms with Gasteiger partial charge in [-0.05, 0) is 52.4 Å². The number of fused-ring (bicyclic) bond motifs is 1. The SMILES string of the molecule is Fc1ccc(-c2cccc(CNCC3OCCc4ccccc43)c2)cc1. The molecule has 1 N–H and O–H groups in total. The van der Waals surface area contributed by atoms with E-state index in [-0.39, 0.29) is 11.9 Å². The highest BCUT2D eigenvalue weighted by molar-refractivity contribution is 5.64. The molecule has 0 fully saturated rings. The first kappa shape index (κ1) is 17.0. The smallest absolute Gasteiger partial charge is 0.123 e. The first-order valence-electron chi connectivity index (χ1n) is 9.04. The lowest BCUT2D eigenvalue weighted by molar-refractivity contribution is 0.0423. The number of halogens is 1. The number of rotatable bonds is 5. The Hall–Kier alpha value is -2.49. The van der Waals surface area contributed by atoms with Gasteiger partial charge in [0.2, 0.25) is 0 Å². The van der Waals surface area contributed by atoms with Crippen molar-refractivity contribution < 1.29 is 9.13 Å². The average Bonchev–Trinajstić information content (AvgIpc) is 2.69. The van der Waals surface area contributed by atoms with E-state index in [0.29, 0.717) is 0 Å². The molecule has 3 aromatic carbocycles. The quantitative estimate of drug-likeness (QED) is 0.709. The highest BCUT2D eigenvalue weighted by Crippen LogP contribution is 2.26. The van der Waals surface area contributed by atoms with E-state index in [0.717, 1.165) is 37.2 Å². The number of nitrogens with one attached hydrogen (secondary N) is 1. The number of ether oxygens (including phenoxy) is 1. The first-order valence-corrected chi connectivity index (χ1v) is 9.04. The second-order valence-corrected chi connectivity index (χ2v) is 6.65. The summed E-state index contributed by atoms with van der Waals surface area (Å²) in [5.74, 6) is -0.209. The van der Waals surface area contributed by atoms with E-state index < -0.39 is 0 Å². The van der Waals surface area contributed by atoms with Crippen LogP contribution in [0.5, 0.6) is 0 Å². The van der Waals surface area contributed by atoms with Gasteiger partial charge in [-0.1, -0.05) is 54.6 Å². The normalized spacial score (nSPS) is 16.3. The maximum Gasteiger partial charge on any atom is 0.123 e. The van der Waals surface area contributed by atoms with Crippen molar-refractivity contribution in [2.75, 3.05) is 13.2 Å². The fraction of sp³-hybridized carbons (Fsp3) is 0.217. The van der Waals surface area contributed by atoms with Gasteiger partial charge in [0.1, 0.15) is 5.82 Å². The van der Waals surface area contributed by atoms with Gasteiger partial charge in [0.25, 0.3) is 0 Å². The van der Waals surface area contributed by atoms with E-state index in [9.17, 15) is 4.39 Å². The lowest BCUT2D eigenvalue weighted by atomic mass is 9.97. The Balaban J connectivity index is 1.40. The van der Waals surface area contributed by atoms with E-state index in [4.69, 9.17) is 4.74 Å². The Morgan fingerprint density at radius 2 is 1.77 bits per heavy atom. The lowest BCUT2D eigenvalue weighted by Crippen LogP contribution is -2.27. The summed E-state index contributed by atoms with van der Waals surface area (Å²) in [5.41, 5.74) is 6.02. The Morgan fingerprint density at radius 3 is 2.65 bits per heavy atom. The van der Waals surface area contributed by atoms with Crippen molar-refractivity contribution in [2.24, 2.45) is 0 Å². The van der Waals surface area contributed by atoms with Crippen LogP contribution in [-0.4, -0.2) is 13.2 Å². The van der Waals surface area contributed by atoms with Crippen LogP contribution < -0.4 is 5.32 Å². The second-order valence-electron chi connectivity index (χ2n) is 6.65. The fourth-order valence-electron chi connectivity index (χ4n) is 3.50. The summed E-state index contributed by atoms with van der Waals surface area (Å²) in [7, 11) is 0. The van der Waals surface area contributed by atoms with E-state index in [2.05, 4.69) is 47.8 Å². The Kier molecular flexibility index (Phi) is 5.09. The van der Waals surface area contributed by atoms with Gasteiger partial charge in [-0.15, -0.1) is 0 Å². The molecule has 0 amide bonds. The zero-order valence-electron chi connectivity index (χ0n) is 14.6. The third kappa shape index (κ3) is 3.85. The minimum Gasteiger partial charge on any atom is -0.372 e. The van der Waals surface area contributed by atoms with Crippen LogP contribution in [0.15, 0.2) is 72.8 Å². The van der Waals surface area contributed by atoms with Crippen LogP contribution >= 0.6 is 0 Å². The molecule has 26 heavy (non-hydrogen) atoms. The summed E-state index contributed by atoms with van der Waals surface area (Å²) in [5, 5.41) is 3.52. The summed E-state index contributed by atoms with van der Waals surface area (Å²) >= 11 is 0. The summed E-state index contributed by atoms with van der Waals surface area (Å²) in [6.07, 6.45) is 1.10. The molecule has 1 unspecified atom stereocenters. The standard InChI is InChI=1S/C23H22FNO/c24-21-10-8-18(9-11-21)20-6-3-4-17(14-20)15-25-16-23-22-7-2-1-5-19(22)12-13-26-23/h1-11,14,23,25H,12-13,15-16H2. The molecule has 3 aromatic rings. The third-order valence-corrected chi connectivity index (χ3v) is 4.86. The minimum atomic E-state index is -0.209. The van der Waals surface area contributed by atoms with Crippen molar-refractivity contribution in [1.82, 2.24) is 5.32 Å². The molecule has 0 bridgehead atoms. The number of benzene rings is 3. The predicted molar refractivity (Wildman–Crippen MR) is 102 cm³/mol. The van der Waals surface area contributed by atoms with Crippen LogP contribution in [0.3, 0.4) is 0 Å². The largest absolute Gasteiger partial charge is 0.372 e. The molecule has 1 heterocycles. The molecule has 0 saturated heterocycles. The van der Waals surface area contributed by atoms with Crippen LogP contribution in [0.4, 0.5) is 4.39 Å². The molecular formula is C23H22FNO. The van der Waals surface area contributed by atoms with E-state index in [1.807, 2.05) is 18.2 Å².